The number of anilines is 1. The van der Waals surface area contributed by atoms with Gasteiger partial charge in [-0.25, -0.2) is 0 Å². The van der Waals surface area contributed by atoms with E-state index in [9.17, 15) is 4.79 Å². The minimum absolute atomic E-state index is 0.0295. The van der Waals surface area contributed by atoms with Crippen LogP contribution in [0.5, 0.6) is 17.2 Å². The van der Waals surface area contributed by atoms with Crippen molar-refractivity contribution in [3.05, 3.63) is 47.5 Å². The first-order valence-corrected chi connectivity index (χ1v) is 8.45. The fourth-order valence-corrected chi connectivity index (χ4v) is 3.22. The maximum Gasteiger partial charge on any atom is 0.225 e. The van der Waals surface area contributed by atoms with Gasteiger partial charge in [0.1, 0.15) is 17.2 Å². The molecule has 2 aromatic carbocycles. The number of carbonyl (C=O) groups is 1. The molecule has 0 aliphatic carbocycles. The number of para-hydroxylation sites is 1. The van der Waals surface area contributed by atoms with E-state index in [0.29, 0.717) is 24.5 Å². The van der Waals surface area contributed by atoms with Crippen molar-refractivity contribution in [3.63, 3.8) is 0 Å². The van der Waals surface area contributed by atoms with Crippen molar-refractivity contribution in [3.8, 4) is 17.2 Å². The Bertz CT molecular complexity index is 772. The van der Waals surface area contributed by atoms with Crippen LogP contribution >= 0.6 is 0 Å². The van der Waals surface area contributed by atoms with Gasteiger partial charge in [0.25, 0.3) is 0 Å². The quantitative estimate of drug-likeness (QED) is 0.864. The third kappa shape index (κ3) is 3.40. The van der Waals surface area contributed by atoms with Gasteiger partial charge in [0.2, 0.25) is 5.91 Å². The smallest absolute Gasteiger partial charge is 0.225 e. The number of amides is 1. The second-order valence-corrected chi connectivity index (χ2v) is 5.98. The second-order valence-electron chi connectivity index (χ2n) is 5.98. The molecule has 0 fully saturated rings. The summed E-state index contributed by atoms with van der Waals surface area (Å²) in [5, 5.41) is 2.93. The molecule has 1 aliphatic rings. The molecule has 1 amide bonds. The molecular formula is C20H23NO4. The van der Waals surface area contributed by atoms with E-state index in [-0.39, 0.29) is 11.8 Å². The number of methoxy groups -OCH3 is 2. The summed E-state index contributed by atoms with van der Waals surface area (Å²) in [5.74, 6) is 2.00. The van der Waals surface area contributed by atoms with E-state index in [1.807, 2.05) is 36.4 Å². The first-order chi connectivity index (χ1) is 12.2. The van der Waals surface area contributed by atoms with Gasteiger partial charge in [0.15, 0.2) is 0 Å². The molecule has 5 nitrogen and oxygen atoms in total. The standard InChI is InChI=1S/C20H23NO4/c1-4-9-25-17-8-6-5-7-14(17)15-12-19(22)21-16-10-13(23-2)11-18(24-3)20(15)16/h5-8,10-11,15H,4,9,12H2,1-3H3,(H,21,22). The Morgan fingerprint density at radius 3 is 2.64 bits per heavy atom. The molecule has 2 aromatic rings. The van der Waals surface area contributed by atoms with Gasteiger partial charge in [-0.15, -0.1) is 0 Å². The summed E-state index contributed by atoms with van der Waals surface area (Å²) in [7, 11) is 3.22. The monoisotopic (exact) mass is 341 g/mol. The first-order valence-electron chi connectivity index (χ1n) is 8.45. The third-order valence-corrected chi connectivity index (χ3v) is 4.34. The Morgan fingerprint density at radius 1 is 1.12 bits per heavy atom. The lowest BCUT2D eigenvalue weighted by molar-refractivity contribution is -0.116. The minimum atomic E-state index is -0.127. The Morgan fingerprint density at radius 2 is 1.92 bits per heavy atom. The number of hydrogen-bond acceptors (Lipinski definition) is 4. The summed E-state index contributed by atoms with van der Waals surface area (Å²) < 4.78 is 16.8. The normalized spacial score (nSPS) is 16.0. The van der Waals surface area contributed by atoms with E-state index < -0.39 is 0 Å². The number of rotatable bonds is 6. The Labute approximate surface area is 147 Å². The summed E-state index contributed by atoms with van der Waals surface area (Å²) in [6.07, 6.45) is 1.28. The average Bonchev–Trinajstić information content (AvgIpc) is 2.64. The van der Waals surface area contributed by atoms with Crippen molar-refractivity contribution in [2.24, 2.45) is 0 Å². The molecule has 1 aliphatic heterocycles. The fourth-order valence-electron chi connectivity index (χ4n) is 3.22. The molecule has 1 unspecified atom stereocenters. The molecule has 5 heteroatoms. The number of hydrogen-bond donors (Lipinski definition) is 1. The molecule has 0 bridgehead atoms. The highest BCUT2D eigenvalue weighted by molar-refractivity contribution is 5.96. The summed E-state index contributed by atoms with van der Waals surface area (Å²) in [4.78, 5) is 12.3. The number of benzene rings is 2. The molecule has 0 saturated carbocycles. The van der Waals surface area contributed by atoms with Gasteiger partial charge >= 0.3 is 0 Å². The summed E-state index contributed by atoms with van der Waals surface area (Å²) in [6, 6.07) is 11.6. The van der Waals surface area contributed by atoms with E-state index >= 15 is 0 Å². The van der Waals surface area contributed by atoms with Crippen LogP contribution in [0.2, 0.25) is 0 Å². The highest BCUT2D eigenvalue weighted by Crippen LogP contribution is 2.46. The topological polar surface area (TPSA) is 56.8 Å². The van der Waals surface area contributed by atoms with Gasteiger partial charge in [-0.2, -0.15) is 0 Å². The molecule has 0 saturated heterocycles. The Kier molecular flexibility index (Phi) is 5.12. The van der Waals surface area contributed by atoms with E-state index in [1.54, 1.807) is 14.2 Å². The van der Waals surface area contributed by atoms with Crippen molar-refractivity contribution >= 4 is 11.6 Å². The summed E-state index contributed by atoms with van der Waals surface area (Å²) in [5.41, 5.74) is 2.67. The second kappa shape index (κ2) is 7.47. The van der Waals surface area contributed by atoms with Gasteiger partial charge in [-0.05, 0) is 12.5 Å². The van der Waals surface area contributed by atoms with Crippen LogP contribution in [0.3, 0.4) is 0 Å². The van der Waals surface area contributed by atoms with Crippen molar-refractivity contribution in [2.75, 3.05) is 26.1 Å². The van der Waals surface area contributed by atoms with Crippen molar-refractivity contribution in [1.29, 1.82) is 0 Å². The zero-order chi connectivity index (χ0) is 17.8. The van der Waals surface area contributed by atoms with Gasteiger partial charge < -0.3 is 19.5 Å². The number of ether oxygens (including phenoxy) is 3. The zero-order valence-electron chi connectivity index (χ0n) is 14.8. The predicted molar refractivity (Wildman–Crippen MR) is 96.9 cm³/mol. The van der Waals surface area contributed by atoms with Crippen LogP contribution in [0.15, 0.2) is 36.4 Å². The Balaban J connectivity index is 2.12. The molecular weight excluding hydrogens is 318 g/mol. The average molecular weight is 341 g/mol. The van der Waals surface area contributed by atoms with Gasteiger partial charge in [0.05, 0.1) is 26.5 Å². The number of carbonyl (C=O) groups excluding carboxylic acids is 1. The Hall–Kier alpha value is -2.69. The number of fused-ring (bicyclic) bond motifs is 1. The zero-order valence-corrected chi connectivity index (χ0v) is 14.8. The molecule has 132 valence electrons. The lowest BCUT2D eigenvalue weighted by Gasteiger charge is -2.29. The predicted octanol–water partition coefficient (Wildman–Crippen LogP) is 3.97. The molecule has 1 heterocycles. The fraction of sp³-hybridized carbons (Fsp3) is 0.350. The lowest BCUT2D eigenvalue weighted by Crippen LogP contribution is -2.24. The summed E-state index contributed by atoms with van der Waals surface area (Å²) >= 11 is 0. The third-order valence-electron chi connectivity index (χ3n) is 4.34. The molecule has 25 heavy (non-hydrogen) atoms. The minimum Gasteiger partial charge on any atom is -0.497 e. The maximum absolute atomic E-state index is 12.3. The largest absolute Gasteiger partial charge is 0.497 e. The van der Waals surface area contributed by atoms with Crippen molar-refractivity contribution < 1.29 is 19.0 Å². The first kappa shape index (κ1) is 17.1. The van der Waals surface area contributed by atoms with Crippen LogP contribution in [0.25, 0.3) is 0 Å². The molecule has 1 atom stereocenters. The van der Waals surface area contributed by atoms with Gasteiger partial charge in [-0.3, -0.25) is 4.79 Å². The van der Waals surface area contributed by atoms with E-state index in [1.165, 1.54) is 0 Å². The molecule has 0 radical (unpaired) electrons. The lowest BCUT2D eigenvalue weighted by atomic mass is 9.83. The molecule has 0 spiro atoms. The van der Waals surface area contributed by atoms with Crippen LogP contribution in [0.1, 0.15) is 36.8 Å². The van der Waals surface area contributed by atoms with Gasteiger partial charge in [0, 0.05) is 35.6 Å². The summed E-state index contributed by atoms with van der Waals surface area (Å²) in [6.45, 7) is 2.71. The van der Waals surface area contributed by atoms with E-state index in [0.717, 1.165) is 29.0 Å². The molecule has 3 rings (SSSR count). The van der Waals surface area contributed by atoms with Crippen LogP contribution in [-0.2, 0) is 4.79 Å². The van der Waals surface area contributed by atoms with E-state index in [4.69, 9.17) is 14.2 Å². The van der Waals surface area contributed by atoms with Crippen LogP contribution in [0.4, 0.5) is 5.69 Å². The van der Waals surface area contributed by atoms with Crippen molar-refractivity contribution in [1.82, 2.24) is 0 Å². The number of nitrogens with one attached hydrogen (secondary N) is 1. The van der Waals surface area contributed by atoms with E-state index in [2.05, 4.69) is 12.2 Å². The highest BCUT2D eigenvalue weighted by atomic mass is 16.5. The highest BCUT2D eigenvalue weighted by Gasteiger charge is 2.32. The SMILES string of the molecule is CCCOc1ccccc1C1CC(=O)Nc2cc(OC)cc(OC)c21. The van der Waals surface area contributed by atoms with Crippen LogP contribution in [-0.4, -0.2) is 26.7 Å². The molecule has 1 N–H and O–H groups in total. The van der Waals surface area contributed by atoms with Crippen molar-refractivity contribution in [2.45, 2.75) is 25.7 Å². The maximum atomic E-state index is 12.3. The molecule has 0 aromatic heterocycles. The van der Waals surface area contributed by atoms with Crippen LogP contribution in [0, 0.1) is 0 Å². The van der Waals surface area contributed by atoms with Crippen LogP contribution < -0.4 is 19.5 Å². The van der Waals surface area contributed by atoms with Gasteiger partial charge in [-0.1, -0.05) is 25.1 Å².